The van der Waals surface area contributed by atoms with Crippen LogP contribution in [0.25, 0.3) is 11.1 Å². The molecule has 2 aromatic rings. The second-order valence-corrected chi connectivity index (χ2v) is 3.88. The van der Waals surface area contributed by atoms with Crippen LogP contribution in [-0.4, -0.2) is 18.2 Å². The highest BCUT2D eigenvalue weighted by Gasteiger charge is 2.12. The molecule has 0 aliphatic heterocycles. The van der Waals surface area contributed by atoms with Gasteiger partial charge in [-0.15, -0.1) is 0 Å². The molecular formula is C14H10F2O3. The zero-order valence-corrected chi connectivity index (χ0v) is 9.98. The van der Waals surface area contributed by atoms with Gasteiger partial charge in [-0.25, -0.2) is 13.6 Å². The number of ether oxygens (including phenoxy) is 1. The molecule has 2 aromatic carbocycles. The molecule has 1 N–H and O–H groups in total. The fourth-order valence-corrected chi connectivity index (χ4v) is 1.72. The number of methoxy groups -OCH3 is 1. The van der Waals surface area contributed by atoms with Crippen LogP contribution in [-0.2, 0) is 0 Å². The van der Waals surface area contributed by atoms with E-state index in [0.717, 1.165) is 12.1 Å². The SMILES string of the molecule is COc1cc(C(=O)O)cc(-c2ccc(F)cc2F)c1. The van der Waals surface area contributed by atoms with Crippen molar-refractivity contribution in [2.24, 2.45) is 0 Å². The Kier molecular flexibility index (Phi) is 3.46. The van der Waals surface area contributed by atoms with Gasteiger partial charge in [0.05, 0.1) is 12.7 Å². The average molecular weight is 264 g/mol. The summed E-state index contributed by atoms with van der Waals surface area (Å²) in [6.45, 7) is 0. The minimum Gasteiger partial charge on any atom is -0.497 e. The van der Waals surface area contributed by atoms with Gasteiger partial charge in [0.2, 0.25) is 0 Å². The van der Waals surface area contributed by atoms with E-state index in [4.69, 9.17) is 9.84 Å². The number of carboxylic acids is 1. The quantitative estimate of drug-likeness (QED) is 0.924. The van der Waals surface area contributed by atoms with Crippen LogP contribution in [0.1, 0.15) is 10.4 Å². The van der Waals surface area contributed by atoms with Gasteiger partial charge in [-0.1, -0.05) is 0 Å². The van der Waals surface area contributed by atoms with Crippen molar-refractivity contribution in [2.45, 2.75) is 0 Å². The number of halogens is 2. The predicted octanol–water partition coefficient (Wildman–Crippen LogP) is 3.34. The molecule has 0 spiro atoms. The molecule has 0 aliphatic rings. The molecule has 3 nitrogen and oxygen atoms in total. The Balaban J connectivity index is 2.60. The zero-order valence-electron chi connectivity index (χ0n) is 9.98. The lowest BCUT2D eigenvalue weighted by atomic mass is 10.0. The number of aromatic carboxylic acids is 1. The van der Waals surface area contributed by atoms with Crippen LogP contribution in [0, 0.1) is 11.6 Å². The predicted molar refractivity (Wildman–Crippen MR) is 65.3 cm³/mol. The average Bonchev–Trinajstić information content (AvgIpc) is 2.38. The normalized spacial score (nSPS) is 10.3. The third kappa shape index (κ3) is 2.70. The maximum atomic E-state index is 13.7. The van der Waals surface area contributed by atoms with E-state index in [1.54, 1.807) is 0 Å². The first-order valence-electron chi connectivity index (χ1n) is 5.39. The molecule has 98 valence electrons. The van der Waals surface area contributed by atoms with Crippen molar-refractivity contribution in [3.05, 3.63) is 53.6 Å². The summed E-state index contributed by atoms with van der Waals surface area (Å²) in [4.78, 5) is 11.0. The number of rotatable bonds is 3. The van der Waals surface area contributed by atoms with Crippen molar-refractivity contribution in [3.63, 3.8) is 0 Å². The van der Waals surface area contributed by atoms with Crippen molar-refractivity contribution in [1.29, 1.82) is 0 Å². The Morgan fingerprint density at radius 1 is 1.16 bits per heavy atom. The maximum Gasteiger partial charge on any atom is 0.335 e. The van der Waals surface area contributed by atoms with Gasteiger partial charge in [-0.3, -0.25) is 0 Å². The van der Waals surface area contributed by atoms with Crippen LogP contribution >= 0.6 is 0 Å². The Hall–Kier alpha value is -2.43. The van der Waals surface area contributed by atoms with Crippen LogP contribution in [0.5, 0.6) is 5.75 Å². The molecule has 0 aromatic heterocycles. The monoisotopic (exact) mass is 264 g/mol. The first-order chi connectivity index (χ1) is 9.01. The Bertz CT molecular complexity index is 639. The Labute approximate surface area is 108 Å². The Morgan fingerprint density at radius 3 is 2.47 bits per heavy atom. The largest absolute Gasteiger partial charge is 0.497 e. The first-order valence-corrected chi connectivity index (χ1v) is 5.39. The van der Waals surface area contributed by atoms with Gasteiger partial charge in [0.15, 0.2) is 0 Å². The summed E-state index contributed by atoms with van der Waals surface area (Å²) in [6, 6.07) is 7.23. The van der Waals surface area contributed by atoms with Gasteiger partial charge in [-0.2, -0.15) is 0 Å². The van der Waals surface area contributed by atoms with Crippen LogP contribution in [0.15, 0.2) is 36.4 Å². The van der Waals surface area contributed by atoms with Gasteiger partial charge in [-0.05, 0) is 35.9 Å². The summed E-state index contributed by atoms with van der Waals surface area (Å²) in [6.07, 6.45) is 0. The van der Waals surface area contributed by atoms with E-state index < -0.39 is 17.6 Å². The molecule has 0 saturated heterocycles. The summed E-state index contributed by atoms with van der Waals surface area (Å²) in [5.74, 6) is -2.31. The third-order valence-corrected chi connectivity index (χ3v) is 2.63. The molecule has 0 amide bonds. The van der Waals surface area contributed by atoms with Gasteiger partial charge in [0, 0.05) is 11.6 Å². The molecule has 0 heterocycles. The Morgan fingerprint density at radius 2 is 1.89 bits per heavy atom. The molecule has 2 rings (SSSR count). The number of hydrogen-bond acceptors (Lipinski definition) is 2. The van der Waals surface area contributed by atoms with E-state index in [1.807, 2.05) is 0 Å². The molecule has 0 bridgehead atoms. The van der Waals surface area contributed by atoms with E-state index in [-0.39, 0.29) is 11.1 Å². The summed E-state index contributed by atoms with van der Waals surface area (Å²) >= 11 is 0. The fourth-order valence-electron chi connectivity index (χ4n) is 1.72. The van der Waals surface area contributed by atoms with Crippen molar-refractivity contribution in [3.8, 4) is 16.9 Å². The van der Waals surface area contributed by atoms with Crippen molar-refractivity contribution in [2.75, 3.05) is 7.11 Å². The smallest absolute Gasteiger partial charge is 0.335 e. The first kappa shape index (κ1) is 13.0. The lowest BCUT2D eigenvalue weighted by Gasteiger charge is -2.08. The van der Waals surface area contributed by atoms with Gasteiger partial charge in [0.1, 0.15) is 17.4 Å². The number of carboxylic acid groups (broad SMARTS) is 1. The summed E-state index contributed by atoms with van der Waals surface area (Å²) in [5, 5.41) is 8.98. The summed E-state index contributed by atoms with van der Waals surface area (Å²) < 4.78 is 31.5. The highest BCUT2D eigenvalue weighted by atomic mass is 19.1. The van der Waals surface area contributed by atoms with Crippen LogP contribution in [0.2, 0.25) is 0 Å². The van der Waals surface area contributed by atoms with Crippen LogP contribution in [0.4, 0.5) is 8.78 Å². The number of hydrogen-bond donors (Lipinski definition) is 1. The molecule has 0 saturated carbocycles. The molecule has 0 radical (unpaired) electrons. The van der Waals surface area contributed by atoms with E-state index in [0.29, 0.717) is 11.3 Å². The van der Waals surface area contributed by atoms with Crippen LogP contribution < -0.4 is 4.74 Å². The van der Waals surface area contributed by atoms with Crippen LogP contribution in [0.3, 0.4) is 0 Å². The third-order valence-electron chi connectivity index (χ3n) is 2.63. The lowest BCUT2D eigenvalue weighted by Crippen LogP contribution is -1.98. The highest BCUT2D eigenvalue weighted by molar-refractivity contribution is 5.90. The maximum absolute atomic E-state index is 13.7. The van der Waals surface area contributed by atoms with E-state index >= 15 is 0 Å². The highest BCUT2D eigenvalue weighted by Crippen LogP contribution is 2.28. The molecule has 0 atom stereocenters. The topological polar surface area (TPSA) is 46.5 Å². The number of carbonyl (C=O) groups is 1. The molecule has 5 heteroatoms. The standard InChI is InChI=1S/C14H10F2O3/c1-19-11-5-8(4-9(6-11)14(17)18)12-3-2-10(15)7-13(12)16/h2-7H,1H3,(H,17,18). The van der Waals surface area contributed by atoms with E-state index in [2.05, 4.69) is 0 Å². The van der Waals surface area contributed by atoms with Gasteiger partial charge in [0.25, 0.3) is 0 Å². The number of benzene rings is 2. The van der Waals surface area contributed by atoms with Crippen molar-refractivity contribution < 1.29 is 23.4 Å². The van der Waals surface area contributed by atoms with E-state index in [9.17, 15) is 13.6 Å². The van der Waals surface area contributed by atoms with Gasteiger partial charge < -0.3 is 9.84 Å². The second-order valence-electron chi connectivity index (χ2n) is 3.88. The molecule has 0 aliphatic carbocycles. The van der Waals surface area contributed by atoms with Crippen molar-refractivity contribution >= 4 is 5.97 Å². The molecule has 19 heavy (non-hydrogen) atoms. The molecule has 0 fully saturated rings. The lowest BCUT2D eigenvalue weighted by molar-refractivity contribution is 0.0696. The fraction of sp³-hybridized carbons (Fsp3) is 0.0714. The van der Waals surface area contributed by atoms with Gasteiger partial charge >= 0.3 is 5.97 Å². The zero-order chi connectivity index (χ0) is 14.0. The minimum atomic E-state index is -1.15. The summed E-state index contributed by atoms with van der Waals surface area (Å²) in [7, 11) is 1.38. The molecule has 0 unspecified atom stereocenters. The van der Waals surface area contributed by atoms with E-state index in [1.165, 1.54) is 31.4 Å². The molecular weight excluding hydrogens is 254 g/mol. The summed E-state index contributed by atoms with van der Waals surface area (Å²) in [5.41, 5.74) is 0.398. The second kappa shape index (κ2) is 5.06. The minimum absolute atomic E-state index is 0.0296. The van der Waals surface area contributed by atoms with Crippen molar-refractivity contribution in [1.82, 2.24) is 0 Å².